The molecule has 0 unspecified atom stereocenters. The molecule has 0 aromatic carbocycles. The molecule has 0 spiro atoms. The molecule has 6 heteroatoms. The molecule has 21 heavy (non-hydrogen) atoms. The van der Waals surface area contributed by atoms with Crippen LogP contribution in [0.1, 0.15) is 22.0 Å². The maximum absolute atomic E-state index is 5.68. The van der Waals surface area contributed by atoms with Gasteiger partial charge in [0.1, 0.15) is 5.01 Å². The summed E-state index contributed by atoms with van der Waals surface area (Å²) in [5, 5.41) is 6.52. The quantitative estimate of drug-likeness (QED) is 0.677. The van der Waals surface area contributed by atoms with Crippen LogP contribution in [0.5, 0.6) is 0 Å². The van der Waals surface area contributed by atoms with Gasteiger partial charge in [-0.3, -0.25) is 4.98 Å². The van der Waals surface area contributed by atoms with Crippen molar-refractivity contribution in [2.75, 3.05) is 11.9 Å². The average Bonchev–Trinajstić information content (AvgIpc) is 3.07. The Labute approximate surface area is 127 Å². The minimum atomic E-state index is 0.633. The highest BCUT2D eigenvalue weighted by Gasteiger charge is 2.13. The third-order valence-electron chi connectivity index (χ3n) is 3.54. The van der Waals surface area contributed by atoms with Gasteiger partial charge in [-0.15, -0.1) is 11.3 Å². The zero-order valence-corrected chi connectivity index (χ0v) is 13.0. The van der Waals surface area contributed by atoms with Crippen LogP contribution in [0.2, 0.25) is 0 Å². The van der Waals surface area contributed by atoms with E-state index in [9.17, 15) is 0 Å². The number of anilines is 1. The number of nitrogens with two attached hydrogens (primary N) is 1. The first-order valence-electron chi connectivity index (χ1n) is 7.00. The third-order valence-corrected chi connectivity index (χ3v) is 4.32. The van der Waals surface area contributed by atoms with E-state index in [1.807, 2.05) is 18.5 Å². The Kier molecular flexibility index (Phi) is 3.90. The van der Waals surface area contributed by atoms with Gasteiger partial charge in [0.25, 0.3) is 0 Å². The van der Waals surface area contributed by atoms with Crippen molar-refractivity contribution in [1.82, 2.24) is 15.0 Å². The number of aryl methyl sites for hydroxylation is 2. The highest BCUT2D eigenvalue weighted by atomic mass is 32.1. The molecular formula is C15H19N5S. The minimum absolute atomic E-state index is 0.633. The molecule has 4 N–H and O–H groups in total. The molecule has 0 aliphatic carbocycles. The highest BCUT2D eigenvalue weighted by Crippen LogP contribution is 2.28. The molecule has 0 saturated carbocycles. The Bertz CT molecular complexity index is 745. The number of aromatic nitrogens is 3. The molecule has 0 saturated heterocycles. The molecule has 0 aliphatic heterocycles. The topological polar surface area (TPSA) is 79.6 Å². The maximum Gasteiger partial charge on any atom is 0.112 e. The van der Waals surface area contributed by atoms with Gasteiger partial charge in [0.05, 0.1) is 23.3 Å². The number of thiazole rings is 1. The van der Waals surface area contributed by atoms with E-state index in [4.69, 9.17) is 5.73 Å². The fraction of sp³-hybridized carbons (Fsp3) is 0.333. The lowest BCUT2D eigenvalue weighted by Gasteiger charge is -2.07. The van der Waals surface area contributed by atoms with Crippen LogP contribution in [0.25, 0.3) is 11.0 Å². The lowest BCUT2D eigenvalue weighted by atomic mass is 10.2. The Hall–Kier alpha value is -1.92. The van der Waals surface area contributed by atoms with Gasteiger partial charge in [-0.05, 0) is 32.0 Å². The summed E-state index contributed by atoms with van der Waals surface area (Å²) in [7, 11) is 0. The monoisotopic (exact) mass is 301 g/mol. The number of H-pyrrole nitrogens is 1. The zero-order valence-electron chi connectivity index (χ0n) is 12.2. The molecule has 0 radical (unpaired) electrons. The Balaban J connectivity index is 1.98. The van der Waals surface area contributed by atoms with Gasteiger partial charge < -0.3 is 16.0 Å². The van der Waals surface area contributed by atoms with Gasteiger partial charge in [-0.25, -0.2) is 4.98 Å². The predicted molar refractivity (Wildman–Crippen MR) is 87.8 cm³/mol. The molecule has 110 valence electrons. The summed E-state index contributed by atoms with van der Waals surface area (Å²) in [6.45, 7) is 5.47. The van der Waals surface area contributed by atoms with Crippen molar-refractivity contribution in [2.45, 2.75) is 26.8 Å². The van der Waals surface area contributed by atoms with E-state index in [-0.39, 0.29) is 0 Å². The van der Waals surface area contributed by atoms with Crippen LogP contribution in [0.15, 0.2) is 17.6 Å². The van der Waals surface area contributed by atoms with Gasteiger partial charge in [0.2, 0.25) is 0 Å². The summed E-state index contributed by atoms with van der Waals surface area (Å²) in [6.07, 6.45) is 2.67. The number of aromatic amines is 1. The molecule has 0 atom stereocenters. The standard InChI is InChI=1S/C15H19N5S/c1-9-7-12(18-8-13-17-5-6-21-13)15-14(19-9)10(2)11(20-15)3-4-16/h5-7,20H,3-4,8,16H2,1-2H3,(H,18,19). The fourth-order valence-electron chi connectivity index (χ4n) is 2.50. The van der Waals surface area contributed by atoms with E-state index in [0.29, 0.717) is 6.54 Å². The Morgan fingerprint density at radius 3 is 2.95 bits per heavy atom. The smallest absolute Gasteiger partial charge is 0.112 e. The van der Waals surface area contributed by atoms with Gasteiger partial charge >= 0.3 is 0 Å². The van der Waals surface area contributed by atoms with Crippen molar-refractivity contribution < 1.29 is 0 Å². The summed E-state index contributed by atoms with van der Waals surface area (Å²) >= 11 is 1.65. The second-order valence-electron chi connectivity index (χ2n) is 5.08. The average molecular weight is 301 g/mol. The van der Waals surface area contributed by atoms with Crippen LogP contribution in [-0.4, -0.2) is 21.5 Å². The second kappa shape index (κ2) is 5.83. The maximum atomic E-state index is 5.68. The van der Waals surface area contributed by atoms with E-state index in [1.165, 1.54) is 11.3 Å². The molecule has 3 aromatic rings. The Morgan fingerprint density at radius 2 is 2.24 bits per heavy atom. The number of rotatable bonds is 5. The third kappa shape index (κ3) is 2.77. The van der Waals surface area contributed by atoms with Crippen molar-refractivity contribution >= 4 is 28.1 Å². The first kappa shape index (κ1) is 14.0. The van der Waals surface area contributed by atoms with Crippen LogP contribution in [0.3, 0.4) is 0 Å². The SMILES string of the molecule is Cc1cc(NCc2nccs2)c2[nH]c(CCN)c(C)c2n1. The molecule has 3 heterocycles. The van der Waals surface area contributed by atoms with Gasteiger partial charge in [0, 0.05) is 29.4 Å². The molecule has 3 aromatic heterocycles. The van der Waals surface area contributed by atoms with Crippen molar-refractivity contribution in [3.8, 4) is 0 Å². The largest absolute Gasteiger partial charge is 0.377 e. The summed E-state index contributed by atoms with van der Waals surface area (Å²) in [4.78, 5) is 12.4. The number of fused-ring (bicyclic) bond motifs is 1. The van der Waals surface area contributed by atoms with E-state index in [2.05, 4.69) is 33.3 Å². The van der Waals surface area contributed by atoms with E-state index < -0.39 is 0 Å². The van der Waals surface area contributed by atoms with Crippen molar-refractivity contribution in [1.29, 1.82) is 0 Å². The minimum Gasteiger partial charge on any atom is -0.377 e. The molecule has 0 aliphatic rings. The molecule has 0 fully saturated rings. The molecule has 3 rings (SSSR count). The first-order valence-corrected chi connectivity index (χ1v) is 7.88. The van der Waals surface area contributed by atoms with Crippen LogP contribution in [0, 0.1) is 13.8 Å². The van der Waals surface area contributed by atoms with Crippen molar-refractivity contribution in [3.63, 3.8) is 0 Å². The predicted octanol–water partition coefficient (Wildman–Crippen LogP) is 2.75. The summed E-state index contributed by atoms with van der Waals surface area (Å²) in [5.74, 6) is 0. The molecule has 5 nitrogen and oxygen atoms in total. The van der Waals surface area contributed by atoms with Crippen LogP contribution in [-0.2, 0) is 13.0 Å². The lowest BCUT2D eigenvalue weighted by molar-refractivity contribution is 0.929. The number of nitrogens with zero attached hydrogens (tertiary/aromatic N) is 2. The van der Waals surface area contributed by atoms with E-state index in [1.54, 1.807) is 11.3 Å². The second-order valence-corrected chi connectivity index (χ2v) is 6.06. The molecule has 0 bridgehead atoms. The van der Waals surface area contributed by atoms with E-state index in [0.717, 1.165) is 40.4 Å². The van der Waals surface area contributed by atoms with Gasteiger partial charge in [-0.2, -0.15) is 0 Å². The van der Waals surface area contributed by atoms with E-state index >= 15 is 0 Å². The van der Waals surface area contributed by atoms with Gasteiger partial charge in [-0.1, -0.05) is 0 Å². The number of nitrogens with one attached hydrogen (secondary N) is 2. The summed E-state index contributed by atoms with van der Waals surface area (Å²) in [5.41, 5.74) is 12.2. The Morgan fingerprint density at radius 1 is 1.38 bits per heavy atom. The first-order chi connectivity index (χ1) is 10.2. The van der Waals surface area contributed by atoms with Crippen LogP contribution >= 0.6 is 11.3 Å². The number of hydrogen-bond donors (Lipinski definition) is 3. The number of pyridine rings is 1. The summed E-state index contributed by atoms with van der Waals surface area (Å²) < 4.78 is 0. The number of hydrogen-bond acceptors (Lipinski definition) is 5. The van der Waals surface area contributed by atoms with Crippen molar-refractivity contribution in [3.05, 3.63) is 39.6 Å². The molecule has 0 amide bonds. The zero-order chi connectivity index (χ0) is 14.8. The van der Waals surface area contributed by atoms with Crippen molar-refractivity contribution in [2.24, 2.45) is 5.73 Å². The normalized spacial score (nSPS) is 11.2. The highest BCUT2D eigenvalue weighted by molar-refractivity contribution is 7.09. The van der Waals surface area contributed by atoms with Gasteiger partial charge in [0.15, 0.2) is 0 Å². The lowest BCUT2D eigenvalue weighted by Crippen LogP contribution is -2.03. The fourth-order valence-corrected chi connectivity index (χ4v) is 3.06. The van der Waals surface area contributed by atoms with Crippen LogP contribution in [0.4, 0.5) is 5.69 Å². The molecular weight excluding hydrogens is 282 g/mol. The summed E-state index contributed by atoms with van der Waals surface area (Å²) in [6, 6.07) is 2.07. The van der Waals surface area contributed by atoms with Crippen LogP contribution < -0.4 is 11.1 Å².